The number of hydrogen-bond acceptors (Lipinski definition) is 5. The first-order chi connectivity index (χ1) is 7.67. The van der Waals surface area contributed by atoms with E-state index in [2.05, 4.69) is 30.9 Å². The number of pyridine rings is 1. The number of nitrogens with zero attached hydrogens (tertiary/aromatic N) is 3. The van der Waals surface area contributed by atoms with Gasteiger partial charge in [0, 0.05) is 10.7 Å². The molecule has 0 aliphatic rings. The molecule has 7 heteroatoms. The van der Waals surface area contributed by atoms with Crippen molar-refractivity contribution in [3.8, 4) is 5.88 Å². The average Bonchev–Trinajstić information content (AvgIpc) is 2.28. The van der Waals surface area contributed by atoms with Crippen LogP contribution in [0, 0.1) is 0 Å². The van der Waals surface area contributed by atoms with Crippen molar-refractivity contribution in [2.45, 2.75) is 5.16 Å². The summed E-state index contributed by atoms with van der Waals surface area (Å²) in [5.74, 6) is 0.442. The van der Waals surface area contributed by atoms with Gasteiger partial charge in [0.2, 0.25) is 5.88 Å². The number of aromatic nitrogens is 3. The zero-order valence-corrected chi connectivity index (χ0v) is 11.6. The lowest BCUT2D eigenvalue weighted by Gasteiger charge is -2.07. The largest absolute Gasteiger partial charge is 0.479 e. The van der Waals surface area contributed by atoms with Crippen molar-refractivity contribution in [2.75, 3.05) is 13.4 Å². The van der Waals surface area contributed by atoms with Gasteiger partial charge in [-0.3, -0.25) is 0 Å². The minimum Gasteiger partial charge on any atom is -0.479 e. The van der Waals surface area contributed by atoms with Gasteiger partial charge >= 0.3 is 0 Å². The summed E-state index contributed by atoms with van der Waals surface area (Å²) in [5, 5.41) is 1.70. The van der Waals surface area contributed by atoms with E-state index < -0.39 is 0 Å². The summed E-state index contributed by atoms with van der Waals surface area (Å²) in [4.78, 5) is 12.6. The van der Waals surface area contributed by atoms with Gasteiger partial charge in [-0.2, -0.15) is 0 Å². The Hall–Kier alpha value is -0.590. The Morgan fingerprint density at radius 1 is 1.44 bits per heavy atom. The predicted octanol–water partition coefficient (Wildman–Crippen LogP) is 3.17. The van der Waals surface area contributed by atoms with Crippen LogP contribution in [0.1, 0.15) is 0 Å². The van der Waals surface area contributed by atoms with Crippen molar-refractivity contribution in [1.29, 1.82) is 0 Å². The van der Waals surface area contributed by atoms with E-state index in [1.165, 1.54) is 11.8 Å². The lowest BCUT2D eigenvalue weighted by Crippen LogP contribution is -1.96. The third-order valence-electron chi connectivity index (χ3n) is 1.96. The molecule has 16 heavy (non-hydrogen) atoms. The summed E-state index contributed by atoms with van der Waals surface area (Å²) in [6, 6.07) is 0. The highest BCUT2D eigenvalue weighted by molar-refractivity contribution is 9.10. The fourth-order valence-corrected chi connectivity index (χ4v) is 2.54. The fraction of sp³-hybridized carbons (Fsp3) is 0.222. The molecule has 0 fully saturated rings. The van der Waals surface area contributed by atoms with Gasteiger partial charge in [-0.05, 0) is 22.2 Å². The van der Waals surface area contributed by atoms with Crippen LogP contribution >= 0.6 is 39.3 Å². The Morgan fingerprint density at radius 2 is 2.19 bits per heavy atom. The second-order valence-corrected chi connectivity index (χ2v) is 4.83. The lowest BCUT2D eigenvalue weighted by molar-refractivity contribution is 0.402. The van der Waals surface area contributed by atoms with Crippen LogP contribution in [-0.2, 0) is 0 Å². The number of fused-ring (bicyclic) bond motifs is 1. The molecule has 4 nitrogen and oxygen atoms in total. The predicted molar refractivity (Wildman–Crippen MR) is 68.4 cm³/mol. The van der Waals surface area contributed by atoms with Crippen LogP contribution in [0.4, 0.5) is 0 Å². The van der Waals surface area contributed by atoms with Crippen LogP contribution in [0.15, 0.2) is 15.8 Å². The van der Waals surface area contributed by atoms with Crippen LogP contribution in [0.3, 0.4) is 0 Å². The quantitative estimate of drug-likeness (QED) is 0.483. The van der Waals surface area contributed by atoms with Crippen molar-refractivity contribution in [3.63, 3.8) is 0 Å². The van der Waals surface area contributed by atoms with Gasteiger partial charge in [-0.1, -0.05) is 23.4 Å². The molecule has 0 atom stereocenters. The van der Waals surface area contributed by atoms with Gasteiger partial charge in [0.05, 0.1) is 12.5 Å². The third kappa shape index (κ3) is 1.97. The highest BCUT2D eigenvalue weighted by atomic mass is 79.9. The summed E-state index contributed by atoms with van der Waals surface area (Å²) < 4.78 is 5.90. The molecule has 0 saturated carbocycles. The molecular weight excluding hydrogens is 314 g/mol. The number of halogens is 2. The van der Waals surface area contributed by atoms with Crippen molar-refractivity contribution < 1.29 is 4.74 Å². The Kier molecular flexibility index (Phi) is 3.51. The van der Waals surface area contributed by atoms with Crippen LogP contribution < -0.4 is 4.74 Å². The second kappa shape index (κ2) is 4.73. The van der Waals surface area contributed by atoms with Gasteiger partial charge in [-0.15, -0.1) is 0 Å². The van der Waals surface area contributed by atoms with Crippen molar-refractivity contribution in [3.05, 3.63) is 15.8 Å². The maximum absolute atomic E-state index is 6.10. The minimum absolute atomic E-state index is 0.391. The van der Waals surface area contributed by atoms with E-state index in [0.29, 0.717) is 27.1 Å². The molecule has 0 aromatic carbocycles. The SMILES string of the molecule is COc1ncc(Br)c2c(Cl)nc(SC)nc12. The Balaban J connectivity index is 2.87. The van der Waals surface area contributed by atoms with Gasteiger partial charge < -0.3 is 4.74 Å². The molecular formula is C9H7BrClN3OS. The Labute approximate surface area is 110 Å². The van der Waals surface area contributed by atoms with Gasteiger partial charge in [-0.25, -0.2) is 15.0 Å². The topological polar surface area (TPSA) is 47.9 Å². The number of hydrogen-bond donors (Lipinski definition) is 0. The minimum atomic E-state index is 0.391. The van der Waals surface area contributed by atoms with Crippen molar-refractivity contribution in [1.82, 2.24) is 15.0 Å². The van der Waals surface area contributed by atoms with E-state index in [1.807, 2.05) is 6.26 Å². The van der Waals surface area contributed by atoms with E-state index in [-0.39, 0.29) is 0 Å². The normalized spacial score (nSPS) is 10.8. The van der Waals surface area contributed by atoms with Crippen LogP contribution in [0.25, 0.3) is 10.9 Å². The maximum Gasteiger partial charge on any atom is 0.240 e. The van der Waals surface area contributed by atoms with E-state index >= 15 is 0 Å². The molecule has 0 radical (unpaired) electrons. The van der Waals surface area contributed by atoms with Crippen LogP contribution in [0.5, 0.6) is 5.88 Å². The molecule has 2 rings (SSSR count). The highest BCUT2D eigenvalue weighted by Crippen LogP contribution is 2.33. The van der Waals surface area contributed by atoms with E-state index in [9.17, 15) is 0 Å². The Bertz CT molecular complexity index is 552. The second-order valence-electron chi connectivity index (χ2n) is 2.84. The van der Waals surface area contributed by atoms with Crippen LogP contribution in [-0.4, -0.2) is 28.3 Å². The first-order valence-electron chi connectivity index (χ1n) is 4.27. The van der Waals surface area contributed by atoms with Gasteiger partial charge in [0.15, 0.2) is 5.16 Å². The van der Waals surface area contributed by atoms with Crippen LogP contribution in [0.2, 0.25) is 5.15 Å². The molecule has 0 unspecified atom stereocenters. The summed E-state index contributed by atoms with van der Waals surface area (Å²) >= 11 is 10.9. The molecule has 2 aromatic heterocycles. The van der Waals surface area contributed by atoms with Crippen molar-refractivity contribution in [2.24, 2.45) is 0 Å². The molecule has 0 spiro atoms. The van der Waals surface area contributed by atoms with E-state index in [4.69, 9.17) is 16.3 Å². The number of rotatable bonds is 2. The summed E-state index contributed by atoms with van der Waals surface area (Å²) in [5.41, 5.74) is 0.612. The van der Waals surface area contributed by atoms with Crippen molar-refractivity contribution >= 4 is 50.2 Å². The lowest BCUT2D eigenvalue weighted by atomic mass is 10.3. The molecule has 0 amide bonds. The smallest absolute Gasteiger partial charge is 0.240 e. The number of methoxy groups -OCH3 is 1. The Morgan fingerprint density at radius 3 is 2.81 bits per heavy atom. The first kappa shape index (κ1) is 11.9. The maximum atomic E-state index is 6.10. The number of ether oxygens (including phenoxy) is 1. The summed E-state index contributed by atoms with van der Waals surface area (Å²) in [6.07, 6.45) is 3.50. The molecule has 2 heterocycles. The average molecular weight is 321 g/mol. The molecule has 0 N–H and O–H groups in total. The zero-order chi connectivity index (χ0) is 11.7. The monoisotopic (exact) mass is 319 g/mol. The summed E-state index contributed by atoms with van der Waals surface area (Å²) in [6.45, 7) is 0. The highest BCUT2D eigenvalue weighted by Gasteiger charge is 2.14. The molecule has 0 bridgehead atoms. The standard InChI is InChI=1S/C9H7BrClN3OS/c1-15-8-6-5(4(10)3-12-8)7(11)14-9(13-6)16-2/h3H,1-2H3. The molecule has 0 saturated heterocycles. The zero-order valence-electron chi connectivity index (χ0n) is 8.49. The van der Waals surface area contributed by atoms with E-state index in [1.54, 1.807) is 13.3 Å². The van der Waals surface area contributed by atoms with Gasteiger partial charge in [0.25, 0.3) is 0 Å². The molecule has 2 aromatic rings. The third-order valence-corrected chi connectivity index (χ3v) is 3.38. The number of thioether (sulfide) groups is 1. The van der Waals surface area contributed by atoms with E-state index in [0.717, 1.165) is 4.47 Å². The van der Waals surface area contributed by atoms with Gasteiger partial charge in [0.1, 0.15) is 10.7 Å². The first-order valence-corrected chi connectivity index (χ1v) is 6.66. The fourth-order valence-electron chi connectivity index (χ4n) is 1.26. The summed E-state index contributed by atoms with van der Waals surface area (Å²) in [7, 11) is 1.55. The molecule has 0 aliphatic heterocycles. The molecule has 84 valence electrons. The molecule has 0 aliphatic carbocycles.